The van der Waals surface area contributed by atoms with E-state index in [0.29, 0.717) is 6.42 Å². The molecule has 0 saturated carbocycles. The minimum absolute atomic E-state index is 0.265. The van der Waals surface area contributed by atoms with Crippen molar-refractivity contribution in [2.45, 2.75) is 31.9 Å². The van der Waals surface area contributed by atoms with E-state index in [4.69, 9.17) is 0 Å². The minimum Gasteiger partial charge on any atom is -0.507 e. The van der Waals surface area contributed by atoms with E-state index in [9.17, 15) is 9.50 Å². The second-order valence-electron chi connectivity index (χ2n) is 6.85. The van der Waals surface area contributed by atoms with Gasteiger partial charge < -0.3 is 9.52 Å². The number of hydrogen-bond donors (Lipinski definition) is 1. The first-order chi connectivity index (χ1) is 12.7. The molecule has 3 aromatic carbocycles. The van der Waals surface area contributed by atoms with Crippen LogP contribution in [0.3, 0.4) is 0 Å². The SMILES string of the molecule is CC1CCC(F)c2ccc3c(c(O)cc4ccccc43)c21.c1ccoc1. The summed E-state index contributed by atoms with van der Waals surface area (Å²) in [4.78, 5) is 0. The third kappa shape index (κ3) is 2.84. The van der Waals surface area contributed by atoms with Crippen molar-refractivity contribution < 1.29 is 13.9 Å². The quantitative estimate of drug-likeness (QED) is 0.351. The lowest BCUT2D eigenvalue weighted by Gasteiger charge is -2.27. The van der Waals surface area contributed by atoms with Gasteiger partial charge in [-0.05, 0) is 64.2 Å². The van der Waals surface area contributed by atoms with Gasteiger partial charge in [0.15, 0.2) is 0 Å². The van der Waals surface area contributed by atoms with Crippen molar-refractivity contribution in [3.63, 3.8) is 0 Å². The molecule has 2 unspecified atom stereocenters. The summed E-state index contributed by atoms with van der Waals surface area (Å²) in [5, 5.41) is 14.5. The molecule has 1 aromatic heterocycles. The number of phenolic OH excluding ortho intramolecular Hbond substituents is 1. The monoisotopic (exact) mass is 348 g/mol. The summed E-state index contributed by atoms with van der Waals surface area (Å²) in [7, 11) is 0. The molecule has 3 heteroatoms. The molecule has 26 heavy (non-hydrogen) atoms. The molecule has 2 nitrogen and oxygen atoms in total. The average Bonchev–Trinajstić information content (AvgIpc) is 3.24. The Balaban J connectivity index is 0.000000292. The van der Waals surface area contributed by atoms with E-state index >= 15 is 0 Å². The van der Waals surface area contributed by atoms with E-state index in [1.165, 1.54) is 0 Å². The van der Waals surface area contributed by atoms with E-state index in [0.717, 1.165) is 39.1 Å². The summed E-state index contributed by atoms with van der Waals surface area (Å²) in [6, 6.07) is 17.3. The molecule has 2 atom stereocenters. The zero-order valence-electron chi connectivity index (χ0n) is 14.7. The summed E-state index contributed by atoms with van der Waals surface area (Å²) in [6.45, 7) is 2.12. The topological polar surface area (TPSA) is 33.4 Å². The second kappa shape index (κ2) is 6.83. The molecule has 4 aromatic rings. The Morgan fingerprint density at radius 2 is 1.73 bits per heavy atom. The van der Waals surface area contributed by atoms with Crippen molar-refractivity contribution in [3.8, 4) is 5.75 Å². The number of hydrogen-bond acceptors (Lipinski definition) is 2. The molecule has 0 bridgehead atoms. The molecule has 1 aliphatic rings. The van der Waals surface area contributed by atoms with Crippen LogP contribution in [-0.2, 0) is 0 Å². The van der Waals surface area contributed by atoms with Crippen LogP contribution in [0.4, 0.5) is 4.39 Å². The van der Waals surface area contributed by atoms with Gasteiger partial charge in [0.1, 0.15) is 11.9 Å². The highest BCUT2D eigenvalue weighted by Crippen LogP contribution is 2.46. The summed E-state index contributed by atoms with van der Waals surface area (Å²) in [5.74, 6) is 0.546. The van der Waals surface area contributed by atoms with Crippen molar-refractivity contribution in [2.24, 2.45) is 0 Å². The molecule has 0 aliphatic heterocycles. The van der Waals surface area contributed by atoms with Gasteiger partial charge in [0.25, 0.3) is 0 Å². The fourth-order valence-electron chi connectivity index (χ4n) is 3.95. The average molecular weight is 348 g/mol. The van der Waals surface area contributed by atoms with Crippen molar-refractivity contribution in [3.05, 3.63) is 78.3 Å². The van der Waals surface area contributed by atoms with Crippen LogP contribution in [0.15, 0.2) is 71.5 Å². The molecule has 1 N–H and O–H groups in total. The number of aromatic hydroxyl groups is 1. The number of fused-ring (bicyclic) bond motifs is 5. The Bertz CT molecular complexity index is 1020. The third-order valence-electron chi connectivity index (χ3n) is 5.19. The predicted octanol–water partition coefficient (Wildman–Crippen LogP) is 6.89. The van der Waals surface area contributed by atoms with Gasteiger partial charge in [0, 0.05) is 5.39 Å². The standard InChI is InChI=1S/C19H17FO.C4H4O/c1-11-6-9-16(20)15-8-7-14-13-5-3-2-4-12(13)10-17(21)19(14)18(11)15;1-2-4-5-3-1/h2-5,7-8,10-11,16,21H,6,9H2,1H3;1-4H. The molecule has 0 saturated heterocycles. The maximum atomic E-state index is 14.2. The van der Waals surface area contributed by atoms with Gasteiger partial charge >= 0.3 is 0 Å². The molecule has 0 radical (unpaired) electrons. The van der Waals surface area contributed by atoms with Gasteiger partial charge in [-0.25, -0.2) is 4.39 Å². The second-order valence-corrected chi connectivity index (χ2v) is 6.85. The molecule has 132 valence electrons. The first-order valence-corrected chi connectivity index (χ1v) is 8.95. The van der Waals surface area contributed by atoms with E-state index in [1.54, 1.807) is 18.6 Å². The lowest BCUT2D eigenvalue weighted by molar-refractivity contribution is 0.291. The Labute approximate surface area is 151 Å². The van der Waals surface area contributed by atoms with E-state index < -0.39 is 6.17 Å². The molecule has 5 rings (SSSR count). The summed E-state index contributed by atoms with van der Waals surface area (Å²) in [5.41, 5.74) is 1.75. The number of rotatable bonds is 0. The fraction of sp³-hybridized carbons (Fsp3) is 0.217. The number of furan rings is 1. The van der Waals surface area contributed by atoms with Crippen LogP contribution < -0.4 is 0 Å². The summed E-state index contributed by atoms with van der Waals surface area (Å²) >= 11 is 0. The minimum atomic E-state index is -0.911. The fourth-order valence-corrected chi connectivity index (χ4v) is 3.95. The number of benzene rings is 3. The van der Waals surface area contributed by atoms with Gasteiger partial charge in [0.05, 0.1) is 12.5 Å². The van der Waals surface area contributed by atoms with Crippen LogP contribution in [0.1, 0.15) is 43.0 Å². The highest BCUT2D eigenvalue weighted by Gasteiger charge is 2.27. The number of halogens is 1. The van der Waals surface area contributed by atoms with E-state index in [-0.39, 0.29) is 11.7 Å². The molecular formula is C23H21FO2. The molecule has 0 spiro atoms. The van der Waals surface area contributed by atoms with Gasteiger partial charge in [-0.1, -0.05) is 43.3 Å². The highest BCUT2D eigenvalue weighted by molar-refractivity contribution is 6.11. The van der Waals surface area contributed by atoms with Gasteiger partial charge in [-0.2, -0.15) is 0 Å². The predicted molar refractivity (Wildman–Crippen MR) is 103 cm³/mol. The Morgan fingerprint density at radius 3 is 2.46 bits per heavy atom. The maximum absolute atomic E-state index is 14.2. The zero-order valence-corrected chi connectivity index (χ0v) is 14.7. The molecule has 0 amide bonds. The first-order valence-electron chi connectivity index (χ1n) is 8.95. The zero-order chi connectivity index (χ0) is 18.1. The van der Waals surface area contributed by atoms with E-state index in [1.807, 2.05) is 42.5 Å². The van der Waals surface area contributed by atoms with Crippen molar-refractivity contribution in [1.29, 1.82) is 0 Å². The van der Waals surface area contributed by atoms with Gasteiger partial charge in [0.2, 0.25) is 0 Å². The number of phenols is 1. The van der Waals surface area contributed by atoms with E-state index in [2.05, 4.69) is 17.4 Å². The summed E-state index contributed by atoms with van der Waals surface area (Å²) in [6.07, 6.45) is 3.75. The van der Waals surface area contributed by atoms with Gasteiger partial charge in [-0.15, -0.1) is 0 Å². The van der Waals surface area contributed by atoms with Crippen LogP contribution >= 0.6 is 0 Å². The maximum Gasteiger partial charge on any atom is 0.125 e. The Morgan fingerprint density at radius 1 is 0.962 bits per heavy atom. The Hall–Kier alpha value is -2.81. The molecule has 0 fully saturated rings. The summed E-state index contributed by atoms with van der Waals surface area (Å²) < 4.78 is 18.8. The van der Waals surface area contributed by atoms with Crippen LogP contribution in [0.5, 0.6) is 5.75 Å². The largest absolute Gasteiger partial charge is 0.507 e. The molecular weight excluding hydrogens is 327 g/mol. The highest BCUT2D eigenvalue weighted by atomic mass is 19.1. The van der Waals surface area contributed by atoms with Crippen LogP contribution in [0, 0.1) is 0 Å². The lowest BCUT2D eigenvalue weighted by atomic mass is 9.79. The van der Waals surface area contributed by atoms with Crippen LogP contribution in [-0.4, -0.2) is 5.11 Å². The van der Waals surface area contributed by atoms with Crippen LogP contribution in [0.25, 0.3) is 21.5 Å². The molecule has 1 heterocycles. The van der Waals surface area contributed by atoms with Crippen molar-refractivity contribution in [1.82, 2.24) is 0 Å². The third-order valence-corrected chi connectivity index (χ3v) is 5.19. The lowest BCUT2D eigenvalue weighted by Crippen LogP contribution is -2.10. The first kappa shape index (κ1) is 16.6. The Kier molecular flexibility index (Phi) is 4.37. The van der Waals surface area contributed by atoms with Gasteiger partial charge in [-0.3, -0.25) is 0 Å². The number of alkyl halides is 1. The normalized spacial score (nSPS) is 19.0. The van der Waals surface area contributed by atoms with Crippen LogP contribution in [0.2, 0.25) is 0 Å². The molecule has 1 aliphatic carbocycles. The van der Waals surface area contributed by atoms with Crippen molar-refractivity contribution in [2.75, 3.05) is 0 Å². The van der Waals surface area contributed by atoms with Crippen molar-refractivity contribution >= 4 is 21.5 Å². The smallest absolute Gasteiger partial charge is 0.125 e.